The van der Waals surface area contributed by atoms with Crippen molar-refractivity contribution in [1.82, 2.24) is 20.4 Å². The predicted octanol–water partition coefficient (Wildman–Crippen LogP) is 4.08. The van der Waals surface area contributed by atoms with Crippen molar-refractivity contribution in [3.8, 4) is 0 Å². The SMILES string of the molecule is CCN(CC)CCCCNC(=NC)NCc1ccc(CN2CCCCC2)cc1.I. The van der Waals surface area contributed by atoms with Crippen molar-refractivity contribution in [2.75, 3.05) is 46.3 Å². The first-order valence-corrected chi connectivity index (χ1v) is 11.2. The van der Waals surface area contributed by atoms with E-state index in [1.165, 1.54) is 62.9 Å². The Hall–Kier alpha value is -0.860. The van der Waals surface area contributed by atoms with E-state index in [0.717, 1.165) is 38.7 Å². The van der Waals surface area contributed by atoms with Crippen LogP contribution in [0.25, 0.3) is 0 Å². The highest BCUT2D eigenvalue weighted by Gasteiger charge is 2.10. The highest BCUT2D eigenvalue weighted by Crippen LogP contribution is 2.13. The summed E-state index contributed by atoms with van der Waals surface area (Å²) < 4.78 is 0. The second-order valence-electron chi connectivity index (χ2n) is 7.74. The maximum Gasteiger partial charge on any atom is 0.191 e. The van der Waals surface area contributed by atoms with E-state index in [2.05, 4.69) is 63.5 Å². The van der Waals surface area contributed by atoms with Crippen LogP contribution in [0, 0.1) is 0 Å². The summed E-state index contributed by atoms with van der Waals surface area (Å²) in [6.07, 6.45) is 6.49. The Bertz CT molecular complexity index is 551. The Kier molecular flexibility index (Phi) is 14.4. The van der Waals surface area contributed by atoms with Gasteiger partial charge in [-0.05, 0) is 69.5 Å². The third kappa shape index (κ3) is 10.6. The molecule has 0 saturated carbocycles. The number of piperidine rings is 1. The molecule has 0 atom stereocenters. The summed E-state index contributed by atoms with van der Waals surface area (Å²) in [6.45, 7) is 13.3. The summed E-state index contributed by atoms with van der Waals surface area (Å²) in [5, 5.41) is 6.86. The number of nitrogens with zero attached hydrogens (tertiary/aromatic N) is 3. The topological polar surface area (TPSA) is 42.9 Å². The van der Waals surface area contributed by atoms with Gasteiger partial charge in [0, 0.05) is 26.7 Å². The van der Waals surface area contributed by atoms with Gasteiger partial charge >= 0.3 is 0 Å². The predicted molar refractivity (Wildman–Crippen MR) is 136 cm³/mol. The molecule has 0 amide bonds. The fraction of sp³-hybridized carbons (Fsp3) is 0.696. The fourth-order valence-electron chi connectivity index (χ4n) is 3.75. The second-order valence-corrected chi connectivity index (χ2v) is 7.74. The van der Waals surface area contributed by atoms with Gasteiger partial charge in [-0.1, -0.05) is 44.5 Å². The number of hydrogen-bond acceptors (Lipinski definition) is 3. The first-order chi connectivity index (χ1) is 13.7. The summed E-state index contributed by atoms with van der Waals surface area (Å²) in [5.41, 5.74) is 2.72. The molecule has 0 radical (unpaired) electrons. The quantitative estimate of drug-likeness (QED) is 0.202. The minimum absolute atomic E-state index is 0. The molecule has 0 unspecified atom stereocenters. The number of benzene rings is 1. The standard InChI is InChI=1S/C23H41N5.HI/c1-4-27(5-2)16-10-7-15-25-23(24-3)26-19-21-11-13-22(14-12-21)20-28-17-8-6-9-18-28;/h11-14H,4-10,15-20H2,1-3H3,(H2,24,25,26);1H. The average molecular weight is 516 g/mol. The van der Waals surface area contributed by atoms with Crippen molar-refractivity contribution >= 4 is 29.9 Å². The molecule has 1 aromatic rings. The van der Waals surface area contributed by atoms with Crippen molar-refractivity contribution in [2.24, 2.45) is 4.99 Å². The summed E-state index contributed by atoms with van der Waals surface area (Å²) in [7, 11) is 1.84. The summed E-state index contributed by atoms with van der Waals surface area (Å²) in [4.78, 5) is 9.39. The Morgan fingerprint density at radius 1 is 0.966 bits per heavy atom. The molecule has 0 aliphatic carbocycles. The summed E-state index contributed by atoms with van der Waals surface area (Å²) in [5.74, 6) is 0.889. The molecule has 2 rings (SSSR count). The molecule has 166 valence electrons. The average Bonchev–Trinajstić information content (AvgIpc) is 2.74. The number of halogens is 1. The van der Waals surface area contributed by atoms with Crippen LogP contribution in [0.5, 0.6) is 0 Å². The molecule has 2 N–H and O–H groups in total. The Morgan fingerprint density at radius 2 is 1.62 bits per heavy atom. The van der Waals surface area contributed by atoms with E-state index in [9.17, 15) is 0 Å². The van der Waals surface area contributed by atoms with Gasteiger partial charge in [0.25, 0.3) is 0 Å². The van der Waals surface area contributed by atoms with Gasteiger partial charge in [-0.2, -0.15) is 0 Å². The zero-order valence-electron chi connectivity index (χ0n) is 18.8. The molecular weight excluding hydrogens is 473 g/mol. The Labute approximate surface area is 195 Å². The molecule has 1 aromatic carbocycles. The Morgan fingerprint density at radius 3 is 2.24 bits per heavy atom. The van der Waals surface area contributed by atoms with Gasteiger partial charge in [0.15, 0.2) is 5.96 Å². The van der Waals surface area contributed by atoms with E-state index in [1.807, 2.05) is 7.05 Å². The molecule has 1 fully saturated rings. The van der Waals surface area contributed by atoms with Gasteiger partial charge in [0.1, 0.15) is 0 Å². The van der Waals surface area contributed by atoms with Crippen LogP contribution in [-0.2, 0) is 13.1 Å². The third-order valence-electron chi connectivity index (χ3n) is 5.65. The molecule has 1 saturated heterocycles. The fourth-order valence-corrected chi connectivity index (χ4v) is 3.75. The molecule has 1 heterocycles. The number of guanidine groups is 1. The van der Waals surface area contributed by atoms with Gasteiger partial charge < -0.3 is 15.5 Å². The van der Waals surface area contributed by atoms with Crippen LogP contribution in [-0.4, -0.2) is 62.1 Å². The minimum Gasteiger partial charge on any atom is -0.356 e. The molecular formula is C23H42IN5. The Balaban J connectivity index is 0.00000420. The zero-order valence-corrected chi connectivity index (χ0v) is 21.1. The normalized spacial score (nSPS) is 15.2. The van der Waals surface area contributed by atoms with Crippen LogP contribution in [0.1, 0.15) is 57.1 Å². The lowest BCUT2D eigenvalue weighted by atomic mass is 10.1. The smallest absolute Gasteiger partial charge is 0.191 e. The number of aliphatic imine (C=N–C) groups is 1. The van der Waals surface area contributed by atoms with Crippen molar-refractivity contribution in [2.45, 2.75) is 59.0 Å². The van der Waals surface area contributed by atoms with E-state index in [0.29, 0.717) is 0 Å². The highest BCUT2D eigenvalue weighted by atomic mass is 127. The van der Waals surface area contributed by atoms with Gasteiger partial charge in [-0.3, -0.25) is 9.89 Å². The van der Waals surface area contributed by atoms with Crippen LogP contribution in [0.15, 0.2) is 29.3 Å². The molecule has 5 nitrogen and oxygen atoms in total. The molecule has 29 heavy (non-hydrogen) atoms. The number of nitrogens with one attached hydrogen (secondary N) is 2. The molecule has 0 aromatic heterocycles. The van der Waals surface area contributed by atoms with Crippen molar-refractivity contribution in [3.05, 3.63) is 35.4 Å². The van der Waals surface area contributed by atoms with Crippen LogP contribution >= 0.6 is 24.0 Å². The lowest BCUT2D eigenvalue weighted by Crippen LogP contribution is -2.37. The monoisotopic (exact) mass is 515 g/mol. The third-order valence-corrected chi connectivity index (χ3v) is 5.65. The van der Waals surface area contributed by atoms with E-state index in [1.54, 1.807) is 0 Å². The largest absolute Gasteiger partial charge is 0.356 e. The van der Waals surface area contributed by atoms with E-state index in [4.69, 9.17) is 0 Å². The van der Waals surface area contributed by atoms with Gasteiger partial charge in [-0.25, -0.2) is 0 Å². The van der Waals surface area contributed by atoms with Crippen molar-refractivity contribution in [3.63, 3.8) is 0 Å². The van der Waals surface area contributed by atoms with E-state index < -0.39 is 0 Å². The van der Waals surface area contributed by atoms with Gasteiger partial charge in [0.05, 0.1) is 0 Å². The lowest BCUT2D eigenvalue weighted by Gasteiger charge is -2.26. The van der Waals surface area contributed by atoms with Gasteiger partial charge in [-0.15, -0.1) is 24.0 Å². The summed E-state index contributed by atoms with van der Waals surface area (Å²) in [6, 6.07) is 9.03. The van der Waals surface area contributed by atoms with Crippen molar-refractivity contribution < 1.29 is 0 Å². The maximum atomic E-state index is 4.34. The number of hydrogen-bond donors (Lipinski definition) is 2. The molecule has 1 aliphatic heterocycles. The summed E-state index contributed by atoms with van der Waals surface area (Å²) >= 11 is 0. The number of rotatable bonds is 11. The first kappa shape index (κ1) is 26.2. The highest BCUT2D eigenvalue weighted by molar-refractivity contribution is 14.0. The molecule has 1 aliphatic rings. The zero-order chi connectivity index (χ0) is 20.0. The first-order valence-electron chi connectivity index (χ1n) is 11.2. The van der Waals surface area contributed by atoms with E-state index >= 15 is 0 Å². The lowest BCUT2D eigenvalue weighted by molar-refractivity contribution is 0.221. The van der Waals surface area contributed by atoms with Crippen molar-refractivity contribution in [1.29, 1.82) is 0 Å². The number of likely N-dealkylation sites (tertiary alicyclic amines) is 1. The molecule has 0 spiro atoms. The van der Waals surface area contributed by atoms with Gasteiger partial charge in [0.2, 0.25) is 0 Å². The second kappa shape index (κ2) is 15.9. The maximum absolute atomic E-state index is 4.34. The molecule has 0 bridgehead atoms. The van der Waals surface area contributed by atoms with E-state index in [-0.39, 0.29) is 24.0 Å². The molecule has 6 heteroatoms. The number of unbranched alkanes of at least 4 members (excludes halogenated alkanes) is 1. The van der Waals surface area contributed by atoms with Crippen LogP contribution in [0.2, 0.25) is 0 Å². The van der Waals surface area contributed by atoms with Crippen LogP contribution < -0.4 is 10.6 Å². The van der Waals surface area contributed by atoms with Crippen LogP contribution in [0.3, 0.4) is 0 Å². The van der Waals surface area contributed by atoms with Crippen LogP contribution in [0.4, 0.5) is 0 Å². The minimum atomic E-state index is 0.